The smallest absolute Gasteiger partial charge is 0.255 e. The molecule has 0 unspecified atom stereocenters. The number of carbonyl (C=O) groups excluding carboxylic acids is 2. The highest BCUT2D eigenvalue weighted by atomic mass is 16.5. The van der Waals surface area contributed by atoms with E-state index in [1.807, 2.05) is 34.6 Å². The van der Waals surface area contributed by atoms with Crippen LogP contribution in [0.1, 0.15) is 57.1 Å². The molecule has 0 radical (unpaired) electrons. The van der Waals surface area contributed by atoms with E-state index in [-0.39, 0.29) is 18.4 Å². The van der Waals surface area contributed by atoms with E-state index in [2.05, 4.69) is 15.8 Å². The molecule has 1 heterocycles. The van der Waals surface area contributed by atoms with Crippen LogP contribution in [0.25, 0.3) is 0 Å². The minimum absolute atomic E-state index is 0.133. The van der Waals surface area contributed by atoms with Crippen LogP contribution in [0, 0.1) is 26.7 Å². The highest BCUT2D eigenvalue weighted by molar-refractivity contribution is 6.05. The highest BCUT2D eigenvalue weighted by Gasteiger charge is 2.15. The summed E-state index contributed by atoms with van der Waals surface area (Å²) in [6.45, 7) is 10.5. The van der Waals surface area contributed by atoms with Gasteiger partial charge in [0.15, 0.2) is 11.5 Å². The van der Waals surface area contributed by atoms with E-state index in [1.54, 1.807) is 36.4 Å². The fourth-order valence-electron chi connectivity index (χ4n) is 3.32. The number of anilines is 1. The summed E-state index contributed by atoms with van der Waals surface area (Å²) in [5, 5.41) is 9.71. The molecule has 0 fully saturated rings. The molecule has 0 aliphatic carbocycles. The Morgan fingerprint density at radius 1 is 1.00 bits per heavy atom. The Morgan fingerprint density at radius 3 is 2.32 bits per heavy atom. The van der Waals surface area contributed by atoms with E-state index < -0.39 is 0 Å². The summed E-state index contributed by atoms with van der Waals surface area (Å²) < 4.78 is 16.5. The number of nitrogens with one attached hydrogen (secondary N) is 2. The van der Waals surface area contributed by atoms with Crippen molar-refractivity contribution < 1.29 is 23.6 Å². The van der Waals surface area contributed by atoms with Gasteiger partial charge in [0.2, 0.25) is 0 Å². The second-order valence-corrected chi connectivity index (χ2v) is 8.54. The van der Waals surface area contributed by atoms with E-state index >= 15 is 0 Å². The summed E-state index contributed by atoms with van der Waals surface area (Å²) in [6.07, 6.45) is 0. The van der Waals surface area contributed by atoms with Crippen LogP contribution in [0.4, 0.5) is 5.69 Å². The molecular formula is C26H31N3O5. The van der Waals surface area contributed by atoms with Crippen LogP contribution < -0.4 is 20.1 Å². The molecule has 2 N–H and O–H groups in total. The quantitative estimate of drug-likeness (QED) is 0.469. The minimum atomic E-state index is -0.296. The van der Waals surface area contributed by atoms with Crippen molar-refractivity contribution in [3.05, 3.63) is 70.1 Å². The first-order chi connectivity index (χ1) is 16.2. The van der Waals surface area contributed by atoms with Gasteiger partial charge in [0.1, 0.15) is 12.4 Å². The molecule has 8 heteroatoms. The topological polar surface area (TPSA) is 103 Å². The molecule has 180 valence electrons. The van der Waals surface area contributed by atoms with E-state index in [4.69, 9.17) is 14.0 Å². The number of carbonyl (C=O) groups is 2. The molecule has 0 spiro atoms. The van der Waals surface area contributed by atoms with Gasteiger partial charge in [-0.3, -0.25) is 9.59 Å². The van der Waals surface area contributed by atoms with Crippen LogP contribution in [0.2, 0.25) is 0 Å². The van der Waals surface area contributed by atoms with Crippen molar-refractivity contribution in [2.24, 2.45) is 5.92 Å². The Balaban J connectivity index is 1.69. The Kier molecular flexibility index (Phi) is 7.94. The van der Waals surface area contributed by atoms with Gasteiger partial charge >= 0.3 is 0 Å². The van der Waals surface area contributed by atoms with Crippen LogP contribution in [0.5, 0.6) is 11.5 Å². The van der Waals surface area contributed by atoms with Gasteiger partial charge in [0.25, 0.3) is 11.8 Å². The third kappa shape index (κ3) is 5.95. The lowest BCUT2D eigenvalue weighted by atomic mass is 10.1. The molecule has 0 aliphatic rings. The molecule has 8 nitrogen and oxygen atoms in total. The largest absolute Gasteiger partial charge is 0.493 e. The molecule has 0 aliphatic heterocycles. The van der Waals surface area contributed by atoms with Gasteiger partial charge in [-0.1, -0.05) is 19.0 Å². The van der Waals surface area contributed by atoms with Crippen LogP contribution in [-0.4, -0.2) is 30.6 Å². The predicted octanol–water partition coefficient (Wildman–Crippen LogP) is 4.83. The Bertz CT molecular complexity index is 1160. The number of aryl methyl sites for hydroxylation is 3. The molecular weight excluding hydrogens is 434 g/mol. The van der Waals surface area contributed by atoms with Gasteiger partial charge in [0, 0.05) is 23.4 Å². The van der Waals surface area contributed by atoms with Gasteiger partial charge in [-0.15, -0.1) is 0 Å². The Hall–Kier alpha value is -3.81. The van der Waals surface area contributed by atoms with E-state index in [0.717, 1.165) is 16.8 Å². The predicted molar refractivity (Wildman–Crippen MR) is 130 cm³/mol. The summed E-state index contributed by atoms with van der Waals surface area (Å²) in [5.74, 6) is 1.59. The third-order valence-corrected chi connectivity index (χ3v) is 5.39. The zero-order chi connectivity index (χ0) is 24.8. The highest BCUT2D eigenvalue weighted by Crippen LogP contribution is 2.30. The number of hydrogen-bond acceptors (Lipinski definition) is 6. The Morgan fingerprint density at radius 2 is 1.71 bits per heavy atom. The second-order valence-electron chi connectivity index (χ2n) is 8.54. The minimum Gasteiger partial charge on any atom is -0.493 e. The first kappa shape index (κ1) is 24.8. The zero-order valence-corrected chi connectivity index (χ0v) is 20.4. The lowest BCUT2D eigenvalue weighted by Gasteiger charge is -2.14. The number of aromatic nitrogens is 1. The van der Waals surface area contributed by atoms with Crippen LogP contribution in [-0.2, 0) is 6.61 Å². The van der Waals surface area contributed by atoms with Crippen LogP contribution >= 0.6 is 0 Å². The summed E-state index contributed by atoms with van der Waals surface area (Å²) in [5.41, 5.74) is 4.03. The molecule has 2 amide bonds. The maximum atomic E-state index is 12.9. The fourth-order valence-corrected chi connectivity index (χ4v) is 3.32. The molecule has 3 rings (SSSR count). The van der Waals surface area contributed by atoms with Crippen molar-refractivity contribution in [1.29, 1.82) is 0 Å². The number of rotatable bonds is 9. The fraction of sp³-hybridized carbons (Fsp3) is 0.346. The van der Waals surface area contributed by atoms with Gasteiger partial charge in [0.05, 0.1) is 18.4 Å². The molecule has 0 saturated heterocycles. The number of methoxy groups -OCH3 is 1. The van der Waals surface area contributed by atoms with Crippen molar-refractivity contribution in [3.8, 4) is 11.5 Å². The average molecular weight is 466 g/mol. The number of amides is 2. The third-order valence-electron chi connectivity index (χ3n) is 5.39. The normalized spacial score (nSPS) is 10.8. The van der Waals surface area contributed by atoms with Gasteiger partial charge < -0.3 is 24.6 Å². The lowest BCUT2D eigenvalue weighted by molar-refractivity contribution is 0.0948. The lowest BCUT2D eigenvalue weighted by Crippen LogP contribution is -2.27. The maximum absolute atomic E-state index is 12.9. The summed E-state index contributed by atoms with van der Waals surface area (Å²) in [4.78, 5) is 25.2. The SMILES string of the molecule is COc1cc(C(=O)Nc2ccc(C(=O)NCC(C)C)cc2C)ccc1OCc1c(C)noc1C. The second kappa shape index (κ2) is 10.9. The molecule has 0 bridgehead atoms. The molecule has 0 atom stereocenters. The standard InChI is InChI=1S/C26H31N3O5/c1-15(2)13-27-25(30)19-7-9-22(16(3)11-19)28-26(31)20-8-10-23(24(12-20)32-6)33-14-21-17(4)29-34-18(21)5/h7-12,15H,13-14H2,1-6H3,(H,27,30)(H,28,31). The first-order valence-corrected chi connectivity index (χ1v) is 11.1. The van der Waals surface area contributed by atoms with Crippen molar-refractivity contribution >= 4 is 17.5 Å². The summed E-state index contributed by atoms with van der Waals surface area (Å²) >= 11 is 0. The van der Waals surface area contributed by atoms with E-state index in [0.29, 0.717) is 46.5 Å². The molecule has 34 heavy (non-hydrogen) atoms. The Labute approximate surface area is 199 Å². The average Bonchev–Trinajstić information content (AvgIpc) is 3.14. The summed E-state index contributed by atoms with van der Waals surface area (Å²) in [6, 6.07) is 10.2. The van der Waals surface area contributed by atoms with E-state index in [1.165, 1.54) is 7.11 Å². The number of ether oxygens (including phenoxy) is 2. The number of nitrogens with zero attached hydrogens (tertiary/aromatic N) is 1. The van der Waals surface area contributed by atoms with Crippen LogP contribution in [0.15, 0.2) is 40.9 Å². The number of hydrogen-bond donors (Lipinski definition) is 2. The zero-order valence-electron chi connectivity index (χ0n) is 20.4. The molecule has 0 saturated carbocycles. The maximum Gasteiger partial charge on any atom is 0.255 e. The van der Waals surface area contributed by atoms with Crippen molar-refractivity contribution in [2.75, 3.05) is 19.0 Å². The molecule has 3 aromatic rings. The van der Waals surface area contributed by atoms with E-state index in [9.17, 15) is 9.59 Å². The molecule has 2 aromatic carbocycles. The van der Waals surface area contributed by atoms with Crippen molar-refractivity contribution in [2.45, 2.75) is 41.2 Å². The monoisotopic (exact) mass is 465 g/mol. The molecule has 1 aromatic heterocycles. The first-order valence-electron chi connectivity index (χ1n) is 11.1. The van der Waals surface area contributed by atoms with Gasteiger partial charge in [-0.2, -0.15) is 0 Å². The van der Waals surface area contributed by atoms with Gasteiger partial charge in [-0.25, -0.2) is 0 Å². The van der Waals surface area contributed by atoms with Crippen molar-refractivity contribution in [3.63, 3.8) is 0 Å². The van der Waals surface area contributed by atoms with Gasteiger partial charge in [-0.05, 0) is 68.7 Å². The van der Waals surface area contributed by atoms with Crippen LogP contribution in [0.3, 0.4) is 0 Å². The number of benzene rings is 2. The summed E-state index contributed by atoms with van der Waals surface area (Å²) in [7, 11) is 1.52. The van der Waals surface area contributed by atoms with Crippen molar-refractivity contribution in [1.82, 2.24) is 10.5 Å².